The van der Waals surface area contributed by atoms with Crippen molar-refractivity contribution in [2.75, 3.05) is 11.1 Å². The van der Waals surface area contributed by atoms with E-state index in [9.17, 15) is 4.79 Å². The maximum Gasteiger partial charge on any atom is 0.268 e. The number of hydrogen-bond donors (Lipinski definition) is 2. The van der Waals surface area contributed by atoms with E-state index >= 15 is 0 Å². The van der Waals surface area contributed by atoms with Gasteiger partial charge in [-0.1, -0.05) is 22.9 Å². The molecule has 0 aromatic carbocycles. The molecule has 0 aliphatic heterocycles. The molecule has 0 atom stereocenters. The Labute approximate surface area is 106 Å². The van der Waals surface area contributed by atoms with E-state index in [0.29, 0.717) is 21.5 Å². The van der Waals surface area contributed by atoms with Crippen LogP contribution in [0.4, 0.5) is 10.9 Å². The molecular formula is C9H8ClN5OS. The van der Waals surface area contributed by atoms with Gasteiger partial charge in [-0.25, -0.2) is 15.0 Å². The van der Waals surface area contributed by atoms with Crippen molar-refractivity contribution >= 4 is 39.8 Å². The lowest BCUT2D eigenvalue weighted by Gasteiger charge is -2.02. The fourth-order valence-corrected chi connectivity index (χ4v) is 2.08. The lowest BCUT2D eigenvalue weighted by atomic mass is 10.4. The standard InChI is InChI=1S/C9H8ClN5OS/c1-4-7(17-9(11)14-4)8(16)15-6-2-5(10)12-3-13-6/h2-3H,1H3,(H2,11,14)(H,12,13,15,16). The van der Waals surface area contributed by atoms with Gasteiger partial charge in [-0.15, -0.1) is 0 Å². The van der Waals surface area contributed by atoms with E-state index in [-0.39, 0.29) is 11.1 Å². The summed E-state index contributed by atoms with van der Waals surface area (Å²) in [5.74, 6) is 0.0211. The normalized spacial score (nSPS) is 10.2. The first-order valence-corrected chi connectivity index (χ1v) is 5.77. The summed E-state index contributed by atoms with van der Waals surface area (Å²) in [6.07, 6.45) is 1.27. The molecule has 0 aliphatic rings. The number of anilines is 2. The van der Waals surface area contributed by atoms with Gasteiger partial charge < -0.3 is 11.1 Å². The molecule has 2 aromatic heterocycles. The summed E-state index contributed by atoms with van der Waals surface area (Å²) in [4.78, 5) is 23.9. The van der Waals surface area contributed by atoms with Crippen molar-refractivity contribution in [3.8, 4) is 0 Å². The van der Waals surface area contributed by atoms with Crippen LogP contribution in [-0.4, -0.2) is 20.9 Å². The van der Waals surface area contributed by atoms with Gasteiger partial charge in [0.25, 0.3) is 5.91 Å². The maximum absolute atomic E-state index is 11.9. The lowest BCUT2D eigenvalue weighted by Crippen LogP contribution is -2.12. The van der Waals surface area contributed by atoms with E-state index in [1.54, 1.807) is 6.92 Å². The number of rotatable bonds is 2. The number of amides is 1. The zero-order chi connectivity index (χ0) is 12.4. The van der Waals surface area contributed by atoms with Gasteiger partial charge in [0, 0.05) is 6.07 Å². The average Bonchev–Trinajstić information content (AvgIpc) is 2.58. The Kier molecular flexibility index (Phi) is 3.21. The Morgan fingerprint density at radius 3 is 2.88 bits per heavy atom. The first kappa shape index (κ1) is 11.7. The third kappa shape index (κ3) is 2.69. The highest BCUT2D eigenvalue weighted by molar-refractivity contribution is 7.17. The minimum absolute atomic E-state index is 0.260. The third-order valence-corrected chi connectivity index (χ3v) is 3.09. The topological polar surface area (TPSA) is 93.8 Å². The van der Waals surface area contributed by atoms with Gasteiger partial charge in [-0.2, -0.15) is 0 Å². The molecule has 17 heavy (non-hydrogen) atoms. The van der Waals surface area contributed by atoms with E-state index in [0.717, 1.165) is 11.3 Å². The molecule has 1 amide bonds. The van der Waals surface area contributed by atoms with E-state index in [1.165, 1.54) is 12.4 Å². The molecule has 2 heterocycles. The molecule has 0 fully saturated rings. The van der Waals surface area contributed by atoms with Gasteiger partial charge >= 0.3 is 0 Å². The summed E-state index contributed by atoms with van der Waals surface area (Å²) in [6, 6.07) is 1.46. The minimum Gasteiger partial charge on any atom is -0.375 e. The molecule has 3 N–H and O–H groups in total. The Balaban J connectivity index is 2.20. The van der Waals surface area contributed by atoms with E-state index in [1.807, 2.05) is 0 Å². The molecule has 88 valence electrons. The third-order valence-electron chi connectivity index (χ3n) is 1.89. The Bertz CT molecular complexity index is 570. The van der Waals surface area contributed by atoms with Crippen LogP contribution in [0.2, 0.25) is 5.15 Å². The number of aromatic nitrogens is 3. The zero-order valence-corrected chi connectivity index (χ0v) is 10.3. The second-order valence-electron chi connectivity index (χ2n) is 3.15. The van der Waals surface area contributed by atoms with Crippen molar-refractivity contribution in [3.63, 3.8) is 0 Å². The van der Waals surface area contributed by atoms with Crippen LogP contribution < -0.4 is 11.1 Å². The molecule has 8 heteroatoms. The van der Waals surface area contributed by atoms with Crippen LogP contribution in [0, 0.1) is 6.92 Å². The number of aryl methyl sites for hydroxylation is 1. The van der Waals surface area contributed by atoms with Crippen molar-refractivity contribution in [2.45, 2.75) is 6.92 Å². The second kappa shape index (κ2) is 4.64. The van der Waals surface area contributed by atoms with Crippen molar-refractivity contribution in [1.82, 2.24) is 15.0 Å². The van der Waals surface area contributed by atoms with Crippen molar-refractivity contribution < 1.29 is 4.79 Å². The summed E-state index contributed by atoms with van der Waals surface area (Å²) in [7, 11) is 0. The fourth-order valence-electron chi connectivity index (χ4n) is 1.20. The number of thiazole rings is 1. The van der Waals surface area contributed by atoms with Gasteiger partial charge in [0.2, 0.25) is 0 Å². The number of carbonyl (C=O) groups is 1. The van der Waals surface area contributed by atoms with Gasteiger partial charge in [0.1, 0.15) is 22.2 Å². The fraction of sp³-hybridized carbons (Fsp3) is 0.111. The van der Waals surface area contributed by atoms with Crippen molar-refractivity contribution in [1.29, 1.82) is 0 Å². The van der Waals surface area contributed by atoms with Gasteiger partial charge in [-0.3, -0.25) is 4.79 Å². The Morgan fingerprint density at radius 1 is 1.53 bits per heavy atom. The minimum atomic E-state index is -0.313. The molecule has 0 saturated heterocycles. The Morgan fingerprint density at radius 2 is 2.29 bits per heavy atom. The van der Waals surface area contributed by atoms with E-state index in [2.05, 4.69) is 20.3 Å². The highest BCUT2D eigenvalue weighted by Crippen LogP contribution is 2.20. The molecule has 0 bridgehead atoms. The van der Waals surface area contributed by atoms with Gasteiger partial charge in [0.15, 0.2) is 5.13 Å². The van der Waals surface area contributed by atoms with Crippen LogP contribution in [-0.2, 0) is 0 Å². The molecule has 6 nitrogen and oxygen atoms in total. The Hall–Kier alpha value is -1.73. The van der Waals surface area contributed by atoms with Crippen LogP contribution in [0.25, 0.3) is 0 Å². The van der Waals surface area contributed by atoms with Crippen LogP contribution in [0.5, 0.6) is 0 Å². The molecule has 0 spiro atoms. The molecular weight excluding hydrogens is 262 g/mol. The van der Waals surface area contributed by atoms with Crippen molar-refractivity contribution in [3.05, 3.63) is 28.1 Å². The quantitative estimate of drug-likeness (QED) is 0.810. The summed E-state index contributed by atoms with van der Waals surface area (Å²) in [6.45, 7) is 1.72. The highest BCUT2D eigenvalue weighted by Gasteiger charge is 2.14. The number of nitrogens with two attached hydrogens (primary N) is 1. The maximum atomic E-state index is 11.9. The van der Waals surface area contributed by atoms with Crippen LogP contribution in [0.3, 0.4) is 0 Å². The second-order valence-corrected chi connectivity index (χ2v) is 4.56. The van der Waals surface area contributed by atoms with Gasteiger partial charge in [-0.05, 0) is 6.92 Å². The van der Waals surface area contributed by atoms with Gasteiger partial charge in [0.05, 0.1) is 5.69 Å². The smallest absolute Gasteiger partial charge is 0.268 e. The molecule has 2 aromatic rings. The number of hydrogen-bond acceptors (Lipinski definition) is 6. The van der Waals surface area contributed by atoms with E-state index < -0.39 is 0 Å². The average molecular weight is 270 g/mol. The molecule has 0 unspecified atom stereocenters. The highest BCUT2D eigenvalue weighted by atomic mass is 35.5. The first-order valence-electron chi connectivity index (χ1n) is 4.58. The monoisotopic (exact) mass is 269 g/mol. The summed E-state index contributed by atoms with van der Waals surface area (Å²) in [5, 5.41) is 3.21. The van der Waals surface area contributed by atoms with Crippen molar-refractivity contribution in [2.24, 2.45) is 0 Å². The predicted octanol–water partition coefficient (Wildman–Crippen LogP) is 1.73. The SMILES string of the molecule is Cc1nc(N)sc1C(=O)Nc1cc(Cl)ncn1. The number of nitrogen functional groups attached to an aromatic ring is 1. The molecule has 2 rings (SSSR count). The number of carbonyl (C=O) groups excluding carboxylic acids is 1. The zero-order valence-electron chi connectivity index (χ0n) is 8.77. The number of halogens is 1. The summed E-state index contributed by atoms with van der Waals surface area (Å²) in [5.41, 5.74) is 6.10. The lowest BCUT2D eigenvalue weighted by molar-refractivity contribution is 0.102. The van der Waals surface area contributed by atoms with Crippen LogP contribution >= 0.6 is 22.9 Å². The predicted molar refractivity (Wildman–Crippen MR) is 66.3 cm³/mol. The summed E-state index contributed by atoms with van der Waals surface area (Å²) < 4.78 is 0. The first-order chi connectivity index (χ1) is 8.06. The van der Waals surface area contributed by atoms with E-state index in [4.69, 9.17) is 17.3 Å². The molecule has 0 radical (unpaired) electrons. The molecule has 0 saturated carbocycles. The largest absolute Gasteiger partial charge is 0.375 e. The number of nitrogens with zero attached hydrogens (tertiary/aromatic N) is 3. The van der Waals surface area contributed by atoms with Crippen LogP contribution in [0.15, 0.2) is 12.4 Å². The number of nitrogens with one attached hydrogen (secondary N) is 1. The molecule has 0 aliphatic carbocycles. The van der Waals surface area contributed by atoms with Crippen LogP contribution in [0.1, 0.15) is 15.4 Å². The summed E-state index contributed by atoms with van der Waals surface area (Å²) >= 11 is 6.80.